The molecule has 1 heterocycles. The summed E-state index contributed by atoms with van der Waals surface area (Å²) in [7, 11) is 0. The zero-order chi connectivity index (χ0) is 8.86. The second-order valence-electron chi connectivity index (χ2n) is 3.68. The van der Waals surface area contributed by atoms with Crippen LogP contribution in [0.25, 0.3) is 0 Å². The minimum absolute atomic E-state index is 0.218. The van der Waals surface area contributed by atoms with E-state index in [0.29, 0.717) is 6.61 Å². The molecule has 0 bridgehead atoms. The molecule has 1 aliphatic heterocycles. The van der Waals surface area contributed by atoms with Crippen LogP contribution >= 0.6 is 11.8 Å². The fourth-order valence-corrected chi connectivity index (χ4v) is 2.25. The molecule has 2 nitrogen and oxygen atoms in total. The van der Waals surface area contributed by atoms with Crippen LogP contribution in [0, 0.1) is 5.41 Å². The van der Waals surface area contributed by atoms with Crippen LogP contribution in [0.2, 0.25) is 0 Å². The number of nitrogens with one attached hydrogen (secondary N) is 1. The van der Waals surface area contributed by atoms with Crippen molar-refractivity contribution in [3.8, 4) is 0 Å². The molecule has 1 unspecified atom stereocenters. The van der Waals surface area contributed by atoms with E-state index < -0.39 is 0 Å². The Hall–Kier alpha value is 0.270. The molecular formula is C9H19NOS. The lowest BCUT2D eigenvalue weighted by atomic mass is 9.83. The van der Waals surface area contributed by atoms with Crippen molar-refractivity contribution in [2.24, 2.45) is 5.41 Å². The molecule has 3 heteroatoms. The molecule has 1 saturated heterocycles. The van der Waals surface area contributed by atoms with Gasteiger partial charge >= 0.3 is 0 Å². The zero-order valence-electron chi connectivity index (χ0n) is 7.81. The first-order valence-corrected chi connectivity index (χ1v) is 6.03. The Kier molecular flexibility index (Phi) is 4.40. The van der Waals surface area contributed by atoms with Crippen molar-refractivity contribution in [3.63, 3.8) is 0 Å². The normalized spacial score (nSPS) is 29.5. The van der Waals surface area contributed by atoms with E-state index in [-0.39, 0.29) is 5.41 Å². The van der Waals surface area contributed by atoms with Crippen molar-refractivity contribution in [2.75, 3.05) is 31.7 Å². The van der Waals surface area contributed by atoms with E-state index >= 15 is 0 Å². The molecule has 2 N–H and O–H groups in total. The van der Waals surface area contributed by atoms with Crippen molar-refractivity contribution in [1.82, 2.24) is 5.32 Å². The van der Waals surface area contributed by atoms with Gasteiger partial charge in [-0.25, -0.2) is 0 Å². The average Bonchev–Trinajstić information content (AvgIpc) is 2.55. The number of hydrogen-bond acceptors (Lipinski definition) is 3. The smallest absolute Gasteiger partial charge is 0.0500 e. The third-order valence-electron chi connectivity index (χ3n) is 2.72. The molecule has 12 heavy (non-hydrogen) atoms. The van der Waals surface area contributed by atoms with Crippen molar-refractivity contribution in [2.45, 2.75) is 19.3 Å². The molecule has 1 fully saturated rings. The third kappa shape index (κ3) is 2.64. The highest BCUT2D eigenvalue weighted by atomic mass is 32.2. The van der Waals surface area contributed by atoms with E-state index in [0.717, 1.165) is 19.5 Å². The van der Waals surface area contributed by atoms with Gasteiger partial charge in [-0.15, -0.1) is 0 Å². The number of rotatable bonds is 5. The van der Waals surface area contributed by atoms with Gasteiger partial charge in [-0.1, -0.05) is 0 Å². The van der Waals surface area contributed by atoms with Gasteiger partial charge in [0.15, 0.2) is 0 Å². The van der Waals surface area contributed by atoms with Crippen LogP contribution in [-0.4, -0.2) is 36.8 Å². The van der Waals surface area contributed by atoms with Gasteiger partial charge in [0.2, 0.25) is 0 Å². The Morgan fingerprint density at radius 3 is 2.92 bits per heavy atom. The summed E-state index contributed by atoms with van der Waals surface area (Å²) in [4.78, 5) is 0. The molecule has 0 amide bonds. The van der Waals surface area contributed by atoms with Gasteiger partial charge in [0, 0.05) is 18.6 Å². The summed E-state index contributed by atoms with van der Waals surface area (Å²) in [6.07, 6.45) is 5.71. The van der Waals surface area contributed by atoms with Gasteiger partial charge in [-0.3, -0.25) is 0 Å². The molecule has 0 aromatic carbocycles. The molecule has 1 atom stereocenters. The maximum atomic E-state index is 9.27. The molecule has 0 aromatic rings. The molecule has 1 aliphatic rings. The Morgan fingerprint density at radius 1 is 1.58 bits per heavy atom. The lowest BCUT2D eigenvalue weighted by Crippen LogP contribution is -2.28. The van der Waals surface area contributed by atoms with Crippen LogP contribution in [-0.2, 0) is 0 Å². The summed E-state index contributed by atoms with van der Waals surface area (Å²) < 4.78 is 0. The lowest BCUT2D eigenvalue weighted by molar-refractivity contribution is 0.133. The van der Waals surface area contributed by atoms with Crippen molar-refractivity contribution in [1.29, 1.82) is 0 Å². The van der Waals surface area contributed by atoms with Crippen LogP contribution < -0.4 is 5.32 Å². The third-order valence-corrected chi connectivity index (χ3v) is 3.42. The van der Waals surface area contributed by atoms with Crippen LogP contribution in [0.15, 0.2) is 0 Å². The summed E-state index contributed by atoms with van der Waals surface area (Å²) in [6, 6.07) is 0. The largest absolute Gasteiger partial charge is 0.396 e. The van der Waals surface area contributed by atoms with E-state index in [1.54, 1.807) is 0 Å². The summed E-state index contributed by atoms with van der Waals surface area (Å²) in [6.45, 7) is 2.45. The number of thioether (sulfide) groups is 1. The number of aliphatic hydroxyl groups is 1. The van der Waals surface area contributed by atoms with Crippen molar-refractivity contribution < 1.29 is 5.11 Å². The SMILES string of the molecule is CSCCCC1(CO)CCNC1. The first kappa shape index (κ1) is 10.4. The van der Waals surface area contributed by atoms with Crippen LogP contribution in [0.1, 0.15) is 19.3 Å². The molecular weight excluding hydrogens is 170 g/mol. The Bertz CT molecular complexity index is 124. The van der Waals surface area contributed by atoms with E-state index in [1.807, 2.05) is 11.8 Å². The summed E-state index contributed by atoms with van der Waals surface area (Å²) >= 11 is 1.89. The van der Waals surface area contributed by atoms with Gasteiger partial charge in [-0.2, -0.15) is 11.8 Å². The van der Waals surface area contributed by atoms with Gasteiger partial charge < -0.3 is 10.4 Å². The monoisotopic (exact) mass is 189 g/mol. The fourth-order valence-electron chi connectivity index (χ4n) is 1.81. The van der Waals surface area contributed by atoms with Gasteiger partial charge in [-0.05, 0) is 37.8 Å². The lowest BCUT2D eigenvalue weighted by Gasteiger charge is -2.25. The molecule has 1 rings (SSSR count). The van der Waals surface area contributed by atoms with Gasteiger partial charge in [0.25, 0.3) is 0 Å². The highest BCUT2D eigenvalue weighted by Crippen LogP contribution is 2.30. The fraction of sp³-hybridized carbons (Fsp3) is 1.00. The van der Waals surface area contributed by atoms with E-state index in [4.69, 9.17) is 0 Å². The zero-order valence-corrected chi connectivity index (χ0v) is 8.62. The topological polar surface area (TPSA) is 32.3 Å². The summed E-state index contributed by atoms with van der Waals surface area (Å²) in [5.74, 6) is 1.22. The predicted octanol–water partition coefficient (Wildman–Crippen LogP) is 1.10. The van der Waals surface area contributed by atoms with E-state index in [1.165, 1.54) is 18.6 Å². The average molecular weight is 189 g/mol. The molecule has 0 spiro atoms. The summed E-state index contributed by atoms with van der Waals surface area (Å²) in [5, 5.41) is 12.6. The quantitative estimate of drug-likeness (QED) is 0.635. The highest BCUT2D eigenvalue weighted by molar-refractivity contribution is 7.98. The molecule has 0 radical (unpaired) electrons. The first-order valence-electron chi connectivity index (χ1n) is 4.63. The maximum absolute atomic E-state index is 9.27. The predicted molar refractivity (Wildman–Crippen MR) is 54.6 cm³/mol. The van der Waals surface area contributed by atoms with Crippen LogP contribution in [0.5, 0.6) is 0 Å². The van der Waals surface area contributed by atoms with Crippen molar-refractivity contribution >= 4 is 11.8 Å². The molecule has 72 valence electrons. The van der Waals surface area contributed by atoms with Gasteiger partial charge in [0.05, 0.1) is 0 Å². The molecule has 0 aliphatic carbocycles. The molecule has 0 aromatic heterocycles. The number of hydrogen-bond donors (Lipinski definition) is 2. The van der Waals surface area contributed by atoms with Gasteiger partial charge in [0.1, 0.15) is 0 Å². The highest BCUT2D eigenvalue weighted by Gasteiger charge is 2.32. The Balaban J connectivity index is 2.24. The molecule has 0 saturated carbocycles. The minimum Gasteiger partial charge on any atom is -0.396 e. The van der Waals surface area contributed by atoms with Crippen molar-refractivity contribution in [3.05, 3.63) is 0 Å². The van der Waals surface area contributed by atoms with E-state index in [2.05, 4.69) is 11.6 Å². The Labute approximate surface area is 79.1 Å². The minimum atomic E-state index is 0.218. The van der Waals surface area contributed by atoms with Crippen LogP contribution in [0.4, 0.5) is 0 Å². The van der Waals surface area contributed by atoms with Crippen LogP contribution in [0.3, 0.4) is 0 Å². The number of aliphatic hydroxyl groups excluding tert-OH is 1. The second-order valence-corrected chi connectivity index (χ2v) is 4.67. The summed E-state index contributed by atoms with van der Waals surface area (Å²) in [5.41, 5.74) is 0.218. The standard InChI is InChI=1S/C9H19NOS/c1-12-6-2-3-9(8-11)4-5-10-7-9/h10-11H,2-8H2,1H3. The first-order chi connectivity index (χ1) is 5.83. The maximum Gasteiger partial charge on any atom is 0.0500 e. The van der Waals surface area contributed by atoms with E-state index in [9.17, 15) is 5.11 Å². The Morgan fingerprint density at radius 2 is 2.42 bits per heavy atom. The second kappa shape index (κ2) is 5.10.